The Morgan fingerprint density at radius 1 is 1.37 bits per heavy atom. The summed E-state index contributed by atoms with van der Waals surface area (Å²) in [7, 11) is -3.22. The van der Waals surface area contributed by atoms with Gasteiger partial charge in [0.15, 0.2) is 9.84 Å². The summed E-state index contributed by atoms with van der Waals surface area (Å²) in [6.45, 7) is 4.17. The summed E-state index contributed by atoms with van der Waals surface area (Å²) in [5, 5.41) is 0. The Kier molecular flexibility index (Phi) is 2.94. The number of hydrogen-bond donors (Lipinski definition) is 0. The lowest BCUT2D eigenvalue weighted by atomic mass is 10.1. The van der Waals surface area contributed by atoms with Crippen molar-refractivity contribution in [2.75, 3.05) is 11.5 Å². The highest BCUT2D eigenvalue weighted by atomic mass is 32.2. The first-order valence-electron chi connectivity index (χ1n) is 6.32. The van der Waals surface area contributed by atoms with Crippen LogP contribution in [0.1, 0.15) is 25.8 Å². The first-order valence-corrected chi connectivity index (χ1v) is 8.96. The van der Waals surface area contributed by atoms with Gasteiger partial charge in [-0.1, -0.05) is 19.1 Å². The lowest BCUT2D eigenvalue weighted by Gasteiger charge is -2.38. The molecule has 1 aromatic carbocycles. The molecule has 0 aliphatic carbocycles. The Bertz CT molecular complexity index is 661. The zero-order chi connectivity index (χ0) is 13.7. The molecule has 0 spiro atoms. The normalized spacial score (nSPS) is 28.3. The van der Waals surface area contributed by atoms with E-state index in [0.717, 1.165) is 28.4 Å². The van der Waals surface area contributed by atoms with E-state index < -0.39 is 9.84 Å². The fourth-order valence-electron chi connectivity index (χ4n) is 2.30. The Balaban J connectivity index is 2.17. The van der Waals surface area contributed by atoms with Crippen molar-refractivity contribution in [3.63, 3.8) is 0 Å². The lowest BCUT2D eigenvalue weighted by molar-refractivity contribution is 0.0746. The van der Waals surface area contributed by atoms with Crippen molar-refractivity contribution in [2.45, 2.75) is 30.8 Å². The number of sulfone groups is 1. The molecule has 0 fully saturated rings. The van der Waals surface area contributed by atoms with Gasteiger partial charge in [0, 0.05) is 16.2 Å². The van der Waals surface area contributed by atoms with E-state index in [1.807, 2.05) is 12.1 Å². The molecule has 2 aliphatic rings. The molecule has 1 aromatic rings. The van der Waals surface area contributed by atoms with Crippen LogP contribution in [0.2, 0.25) is 0 Å². The van der Waals surface area contributed by atoms with Gasteiger partial charge >= 0.3 is 0 Å². The fourth-order valence-corrected chi connectivity index (χ4v) is 5.54. The minimum Gasteiger partial charge on any atom is -0.485 e. The van der Waals surface area contributed by atoms with E-state index >= 15 is 0 Å². The molecule has 0 bridgehead atoms. The molecule has 2 heterocycles. The summed E-state index contributed by atoms with van der Waals surface area (Å²) in [6, 6.07) is 7.12. The van der Waals surface area contributed by atoms with Gasteiger partial charge in [-0.2, -0.15) is 0 Å². The first-order chi connectivity index (χ1) is 8.95. The molecule has 3 nitrogen and oxygen atoms in total. The Morgan fingerprint density at radius 3 is 2.84 bits per heavy atom. The van der Waals surface area contributed by atoms with Crippen molar-refractivity contribution in [3.8, 4) is 0 Å². The number of ether oxygens (including phenoxy) is 1. The Hall–Kier alpha value is -0.940. The maximum atomic E-state index is 12.3. The maximum Gasteiger partial charge on any atom is 0.183 e. The summed E-state index contributed by atoms with van der Waals surface area (Å²) in [4.78, 5) is 1.25. The minimum absolute atomic E-state index is 0.0732. The topological polar surface area (TPSA) is 43.4 Å². The summed E-state index contributed by atoms with van der Waals surface area (Å²) in [6.07, 6.45) is 0.908. The molecule has 1 unspecified atom stereocenters. The second-order valence-corrected chi connectivity index (χ2v) is 8.23. The van der Waals surface area contributed by atoms with Gasteiger partial charge in [-0.3, -0.25) is 0 Å². The second kappa shape index (κ2) is 4.28. The molecule has 1 atom stereocenters. The van der Waals surface area contributed by atoms with Crippen molar-refractivity contribution in [1.29, 1.82) is 0 Å². The number of thioether (sulfide) groups is 1. The van der Waals surface area contributed by atoms with Gasteiger partial charge in [0.25, 0.3) is 0 Å². The third kappa shape index (κ3) is 2.09. The zero-order valence-corrected chi connectivity index (χ0v) is 12.6. The molecule has 102 valence electrons. The largest absolute Gasteiger partial charge is 0.485 e. The molecule has 0 N–H and O–H groups in total. The van der Waals surface area contributed by atoms with Crippen molar-refractivity contribution < 1.29 is 13.2 Å². The predicted molar refractivity (Wildman–Crippen MR) is 77.7 cm³/mol. The van der Waals surface area contributed by atoms with Crippen molar-refractivity contribution >= 4 is 27.4 Å². The monoisotopic (exact) mass is 296 g/mol. The number of benzene rings is 1. The van der Waals surface area contributed by atoms with E-state index in [-0.39, 0.29) is 11.4 Å². The molecule has 0 saturated carbocycles. The van der Waals surface area contributed by atoms with E-state index in [0.29, 0.717) is 4.90 Å². The van der Waals surface area contributed by atoms with Crippen LogP contribution >= 0.6 is 11.8 Å². The number of hydrogen-bond acceptors (Lipinski definition) is 4. The quantitative estimate of drug-likeness (QED) is 0.799. The van der Waals surface area contributed by atoms with Crippen LogP contribution in [-0.4, -0.2) is 25.5 Å². The average molecular weight is 296 g/mol. The third-order valence-corrected chi connectivity index (χ3v) is 7.00. The Morgan fingerprint density at radius 2 is 2.11 bits per heavy atom. The molecule has 2 aliphatic heterocycles. The lowest BCUT2D eigenvalue weighted by Crippen LogP contribution is -2.35. The molecule has 0 amide bonds. The van der Waals surface area contributed by atoms with Gasteiger partial charge in [-0.25, -0.2) is 8.42 Å². The van der Waals surface area contributed by atoms with Crippen LogP contribution < -0.4 is 0 Å². The van der Waals surface area contributed by atoms with Gasteiger partial charge in [0.05, 0.1) is 10.6 Å². The van der Waals surface area contributed by atoms with Gasteiger partial charge in [0.2, 0.25) is 0 Å². The average Bonchev–Trinajstić information content (AvgIpc) is 2.40. The van der Waals surface area contributed by atoms with Crippen LogP contribution in [0.5, 0.6) is 0 Å². The first kappa shape index (κ1) is 13.1. The van der Waals surface area contributed by atoms with Crippen molar-refractivity contribution in [2.24, 2.45) is 0 Å². The summed E-state index contributed by atoms with van der Waals surface area (Å²) in [5.41, 5.74) is 0.508. The summed E-state index contributed by atoms with van der Waals surface area (Å²) < 4.78 is 30.7. The van der Waals surface area contributed by atoms with Crippen molar-refractivity contribution in [3.05, 3.63) is 34.7 Å². The van der Waals surface area contributed by atoms with Crippen LogP contribution in [0.25, 0.3) is 5.76 Å². The maximum absolute atomic E-state index is 12.3. The van der Waals surface area contributed by atoms with Gasteiger partial charge in [0.1, 0.15) is 11.4 Å². The SMILES string of the molecule is CCC1(C)CSC2=C(O1)c1ccccc1S(=O)(=O)C2. The zero-order valence-electron chi connectivity index (χ0n) is 11.0. The summed E-state index contributed by atoms with van der Waals surface area (Å²) in [5.74, 6) is 1.65. The highest BCUT2D eigenvalue weighted by Gasteiger charge is 2.39. The number of rotatable bonds is 1. The van der Waals surface area contributed by atoms with Crippen LogP contribution in [-0.2, 0) is 14.6 Å². The fraction of sp³-hybridized carbons (Fsp3) is 0.429. The summed E-state index contributed by atoms with van der Waals surface area (Å²) >= 11 is 1.62. The van der Waals surface area contributed by atoms with Gasteiger partial charge < -0.3 is 4.74 Å². The molecule has 0 radical (unpaired) electrons. The molecule has 19 heavy (non-hydrogen) atoms. The van der Waals surface area contributed by atoms with Crippen molar-refractivity contribution in [1.82, 2.24) is 0 Å². The third-order valence-electron chi connectivity index (χ3n) is 3.69. The molecule has 0 saturated heterocycles. The van der Waals surface area contributed by atoms with Gasteiger partial charge in [-0.15, -0.1) is 11.8 Å². The van der Waals surface area contributed by atoms with E-state index in [9.17, 15) is 8.42 Å². The molecular formula is C14H16O3S2. The molecule has 3 rings (SSSR count). The van der Waals surface area contributed by atoms with Crippen LogP contribution in [0.4, 0.5) is 0 Å². The van der Waals surface area contributed by atoms with Crippen LogP contribution in [0.3, 0.4) is 0 Å². The van der Waals surface area contributed by atoms with E-state index in [1.165, 1.54) is 0 Å². The van der Waals surface area contributed by atoms with Gasteiger partial charge in [-0.05, 0) is 25.5 Å². The molecule has 5 heteroatoms. The minimum atomic E-state index is -3.22. The van der Waals surface area contributed by atoms with E-state index in [4.69, 9.17) is 4.74 Å². The highest BCUT2D eigenvalue weighted by Crippen LogP contribution is 2.46. The number of fused-ring (bicyclic) bond motifs is 2. The van der Waals surface area contributed by atoms with Crippen LogP contribution in [0, 0.1) is 0 Å². The smallest absolute Gasteiger partial charge is 0.183 e. The Labute approximate surface area is 118 Å². The standard InChI is InChI=1S/C14H16O3S2/c1-3-14(2)9-18-11-8-19(15,16)12-7-5-4-6-10(12)13(11)17-14/h4-7H,3,8-9H2,1-2H3. The highest BCUT2D eigenvalue weighted by molar-refractivity contribution is 8.04. The van der Waals surface area contributed by atoms with E-state index in [1.54, 1.807) is 23.9 Å². The molecule has 0 aromatic heterocycles. The second-order valence-electron chi connectivity index (χ2n) is 5.20. The van der Waals surface area contributed by atoms with Crippen LogP contribution in [0.15, 0.2) is 34.1 Å². The van der Waals surface area contributed by atoms with E-state index in [2.05, 4.69) is 13.8 Å². The predicted octanol–water partition coefficient (Wildman–Crippen LogP) is 3.07. The molecular weight excluding hydrogens is 280 g/mol.